The van der Waals surface area contributed by atoms with Crippen molar-refractivity contribution in [2.45, 2.75) is 31.2 Å². The van der Waals surface area contributed by atoms with Gasteiger partial charge in [0.15, 0.2) is 0 Å². The molecule has 1 unspecified atom stereocenters. The lowest BCUT2D eigenvalue weighted by atomic mass is 9.96. The van der Waals surface area contributed by atoms with E-state index in [9.17, 15) is 9.90 Å². The second kappa shape index (κ2) is 5.46. The van der Waals surface area contributed by atoms with Crippen LogP contribution in [0.1, 0.15) is 19.4 Å². The number of rotatable bonds is 4. The molecule has 1 heterocycles. The van der Waals surface area contributed by atoms with E-state index in [1.54, 1.807) is 32.0 Å². The zero-order valence-electron chi connectivity index (χ0n) is 11.6. The molecular weight excluding hydrogens is 280 g/mol. The van der Waals surface area contributed by atoms with Crippen LogP contribution < -0.4 is 10.4 Å². The summed E-state index contributed by atoms with van der Waals surface area (Å²) in [6.45, 7) is 3.46. The van der Waals surface area contributed by atoms with E-state index in [1.165, 1.54) is 13.2 Å². The summed E-state index contributed by atoms with van der Waals surface area (Å²) >= 11 is 6.13. The second-order valence-corrected chi connectivity index (χ2v) is 6.18. The first-order valence-electron chi connectivity index (χ1n) is 6.29. The molecule has 0 aliphatic rings. The van der Waals surface area contributed by atoms with E-state index in [4.69, 9.17) is 20.8 Å². The Labute approximate surface area is 121 Å². The van der Waals surface area contributed by atoms with Crippen molar-refractivity contribution in [3.8, 4) is 5.75 Å². The lowest BCUT2D eigenvalue weighted by Gasteiger charge is -2.24. The zero-order chi connectivity index (χ0) is 14.9. The Hall–Kier alpha value is -1.52. The van der Waals surface area contributed by atoms with Crippen molar-refractivity contribution in [3.05, 3.63) is 40.2 Å². The summed E-state index contributed by atoms with van der Waals surface area (Å²) in [6, 6.07) is 6.63. The summed E-state index contributed by atoms with van der Waals surface area (Å²) in [5.74, 6) is 0.562. The average Bonchev–Trinajstić information content (AvgIpc) is 2.38. The van der Waals surface area contributed by atoms with Crippen LogP contribution in [0.2, 0.25) is 0 Å². The summed E-state index contributed by atoms with van der Waals surface area (Å²) in [6.07, 6.45) is -0.557. The first-order valence-corrected chi connectivity index (χ1v) is 6.67. The van der Waals surface area contributed by atoms with Crippen LogP contribution in [0.4, 0.5) is 0 Å². The van der Waals surface area contributed by atoms with Gasteiger partial charge in [-0.3, -0.25) is 0 Å². The number of benzene rings is 1. The highest BCUT2D eigenvalue weighted by Crippen LogP contribution is 2.31. The minimum absolute atomic E-state index is 0.240. The third kappa shape index (κ3) is 2.97. The highest BCUT2D eigenvalue weighted by atomic mass is 35.5. The molecule has 0 fully saturated rings. The second-order valence-electron chi connectivity index (χ2n) is 5.20. The van der Waals surface area contributed by atoms with E-state index in [2.05, 4.69) is 0 Å². The van der Waals surface area contributed by atoms with Crippen molar-refractivity contribution in [1.82, 2.24) is 0 Å². The van der Waals surface area contributed by atoms with Crippen molar-refractivity contribution < 1.29 is 14.3 Å². The molecule has 0 aliphatic carbocycles. The lowest BCUT2D eigenvalue weighted by molar-refractivity contribution is 0.138. The molecule has 0 radical (unpaired) electrons. The van der Waals surface area contributed by atoms with Crippen LogP contribution in [0.5, 0.6) is 5.75 Å². The molecule has 2 aromatic rings. The molecule has 0 saturated carbocycles. The predicted octanol–water partition coefficient (Wildman–Crippen LogP) is 2.72. The monoisotopic (exact) mass is 296 g/mol. The van der Waals surface area contributed by atoms with Gasteiger partial charge in [0.25, 0.3) is 0 Å². The van der Waals surface area contributed by atoms with E-state index in [-0.39, 0.29) is 6.42 Å². The maximum absolute atomic E-state index is 11.4. The van der Waals surface area contributed by atoms with Gasteiger partial charge in [-0.05, 0) is 32.0 Å². The molecule has 20 heavy (non-hydrogen) atoms. The number of fused-ring (bicyclic) bond motifs is 1. The number of alkyl halides is 1. The quantitative estimate of drug-likeness (QED) is 0.696. The third-order valence-corrected chi connectivity index (χ3v) is 3.51. The molecule has 1 aromatic heterocycles. The van der Waals surface area contributed by atoms with Gasteiger partial charge in [0.05, 0.1) is 18.1 Å². The van der Waals surface area contributed by atoms with Gasteiger partial charge in [0.2, 0.25) is 0 Å². The molecule has 1 aromatic carbocycles. The standard InChI is InChI=1S/C15H17ClO4/c1-15(2,16)12(17)8-10-11(19-3)6-4-9-5-7-13(18)20-14(9)10/h4-7,12,17H,8H2,1-3H3. The first kappa shape index (κ1) is 14.9. The summed E-state index contributed by atoms with van der Waals surface area (Å²) in [5, 5.41) is 11.0. The molecule has 0 spiro atoms. The van der Waals surface area contributed by atoms with Gasteiger partial charge in [0, 0.05) is 23.4 Å². The molecule has 2 rings (SSSR count). The van der Waals surface area contributed by atoms with Crippen molar-refractivity contribution in [2.75, 3.05) is 7.11 Å². The van der Waals surface area contributed by atoms with E-state index >= 15 is 0 Å². The molecule has 0 aliphatic heterocycles. The van der Waals surface area contributed by atoms with Crippen molar-refractivity contribution in [2.24, 2.45) is 0 Å². The number of ether oxygens (including phenoxy) is 1. The molecule has 0 bridgehead atoms. The summed E-state index contributed by atoms with van der Waals surface area (Å²) < 4.78 is 10.5. The number of aliphatic hydroxyl groups is 1. The Bertz CT molecular complexity index is 670. The van der Waals surface area contributed by atoms with Crippen LogP contribution in [-0.2, 0) is 6.42 Å². The number of aliphatic hydroxyl groups excluding tert-OH is 1. The number of hydrogen-bond donors (Lipinski definition) is 1. The minimum atomic E-state index is -0.797. The van der Waals surface area contributed by atoms with Gasteiger partial charge in [-0.25, -0.2) is 4.79 Å². The zero-order valence-corrected chi connectivity index (χ0v) is 12.4. The van der Waals surface area contributed by atoms with Crippen LogP contribution >= 0.6 is 11.6 Å². The van der Waals surface area contributed by atoms with Crippen LogP contribution in [0.25, 0.3) is 11.0 Å². The van der Waals surface area contributed by atoms with E-state index in [0.29, 0.717) is 16.9 Å². The fourth-order valence-electron chi connectivity index (χ4n) is 1.99. The smallest absolute Gasteiger partial charge is 0.336 e. The maximum atomic E-state index is 11.4. The van der Waals surface area contributed by atoms with Gasteiger partial charge in [0.1, 0.15) is 11.3 Å². The van der Waals surface area contributed by atoms with Crippen LogP contribution in [-0.4, -0.2) is 23.2 Å². The maximum Gasteiger partial charge on any atom is 0.336 e. The molecule has 1 atom stereocenters. The summed E-state index contributed by atoms with van der Waals surface area (Å²) in [5.41, 5.74) is 0.632. The molecular formula is C15H17ClO4. The van der Waals surface area contributed by atoms with E-state index < -0.39 is 16.6 Å². The van der Waals surface area contributed by atoms with Crippen LogP contribution in [0, 0.1) is 0 Å². The molecule has 1 N–H and O–H groups in total. The fraction of sp³-hybridized carbons (Fsp3) is 0.400. The molecule has 108 valence electrons. The number of halogens is 1. The Kier molecular flexibility index (Phi) is 4.06. The topological polar surface area (TPSA) is 59.7 Å². The van der Waals surface area contributed by atoms with Crippen LogP contribution in [0.15, 0.2) is 33.5 Å². The average molecular weight is 297 g/mol. The van der Waals surface area contributed by atoms with Gasteiger partial charge < -0.3 is 14.3 Å². The fourth-order valence-corrected chi connectivity index (χ4v) is 2.07. The Morgan fingerprint density at radius 1 is 1.35 bits per heavy atom. The highest BCUT2D eigenvalue weighted by molar-refractivity contribution is 6.23. The highest BCUT2D eigenvalue weighted by Gasteiger charge is 2.27. The number of hydrogen-bond acceptors (Lipinski definition) is 4. The summed E-state index contributed by atoms with van der Waals surface area (Å²) in [7, 11) is 1.53. The Balaban J connectivity index is 2.59. The van der Waals surface area contributed by atoms with E-state index in [0.717, 1.165) is 5.39 Å². The lowest BCUT2D eigenvalue weighted by Crippen LogP contribution is -2.32. The summed E-state index contributed by atoms with van der Waals surface area (Å²) in [4.78, 5) is 10.6. The minimum Gasteiger partial charge on any atom is -0.496 e. The Morgan fingerprint density at radius 3 is 2.60 bits per heavy atom. The van der Waals surface area contributed by atoms with Crippen LogP contribution in [0.3, 0.4) is 0 Å². The molecule has 0 saturated heterocycles. The molecule has 0 amide bonds. The van der Waals surface area contributed by atoms with Gasteiger partial charge in [-0.15, -0.1) is 11.6 Å². The Morgan fingerprint density at radius 2 is 2.00 bits per heavy atom. The van der Waals surface area contributed by atoms with Gasteiger partial charge in [-0.2, -0.15) is 0 Å². The SMILES string of the molecule is COc1ccc2ccc(=O)oc2c1CC(O)C(C)(C)Cl. The van der Waals surface area contributed by atoms with Gasteiger partial charge in [-0.1, -0.05) is 0 Å². The normalized spacial score (nSPS) is 13.4. The van der Waals surface area contributed by atoms with Crippen molar-refractivity contribution >= 4 is 22.6 Å². The molecule has 5 heteroatoms. The number of methoxy groups -OCH3 is 1. The largest absolute Gasteiger partial charge is 0.496 e. The van der Waals surface area contributed by atoms with Gasteiger partial charge >= 0.3 is 5.63 Å². The van der Waals surface area contributed by atoms with E-state index in [1.807, 2.05) is 0 Å². The van der Waals surface area contributed by atoms with Crippen molar-refractivity contribution in [1.29, 1.82) is 0 Å². The third-order valence-electron chi connectivity index (χ3n) is 3.26. The van der Waals surface area contributed by atoms with Crippen molar-refractivity contribution in [3.63, 3.8) is 0 Å². The molecule has 4 nitrogen and oxygen atoms in total. The predicted molar refractivity (Wildman–Crippen MR) is 78.7 cm³/mol. The first-order chi connectivity index (χ1) is 9.32.